The van der Waals surface area contributed by atoms with Crippen molar-refractivity contribution in [3.05, 3.63) is 29.3 Å². The van der Waals surface area contributed by atoms with Crippen LogP contribution < -0.4 is 4.74 Å². The normalized spacial score (nSPS) is 34.0. The maximum Gasteiger partial charge on any atom is 0.302 e. The predicted octanol–water partition coefficient (Wildman–Crippen LogP) is 6.37. The molecule has 0 spiro atoms. The minimum absolute atomic E-state index is 0.117. The molecule has 0 bridgehead atoms. The molecule has 5 heteroatoms. The van der Waals surface area contributed by atoms with E-state index < -0.39 is 0 Å². The molecule has 192 valence electrons. The third-order valence-electron chi connectivity index (χ3n) is 9.51. The van der Waals surface area contributed by atoms with Crippen LogP contribution >= 0.6 is 0 Å². The molecule has 0 amide bonds. The lowest BCUT2D eigenvalue weighted by atomic mass is 9.52. The lowest BCUT2D eigenvalue weighted by Gasteiger charge is -2.51. The molecule has 1 aromatic rings. The van der Waals surface area contributed by atoms with Crippen LogP contribution in [0.4, 0.5) is 0 Å². The van der Waals surface area contributed by atoms with E-state index in [4.69, 9.17) is 14.2 Å². The molecule has 1 unspecified atom stereocenters. The van der Waals surface area contributed by atoms with Crippen LogP contribution in [0.3, 0.4) is 0 Å². The predicted molar refractivity (Wildman–Crippen MR) is 134 cm³/mol. The summed E-state index contributed by atoms with van der Waals surface area (Å²) in [6.07, 6.45) is 12.5. The summed E-state index contributed by atoms with van der Waals surface area (Å²) in [5, 5.41) is 0. The van der Waals surface area contributed by atoms with E-state index in [9.17, 15) is 9.59 Å². The van der Waals surface area contributed by atoms with Crippen molar-refractivity contribution in [3.8, 4) is 5.75 Å². The number of hydrogen-bond donors (Lipinski definition) is 0. The summed E-state index contributed by atoms with van der Waals surface area (Å²) in [6, 6.07) is 6.75. The van der Waals surface area contributed by atoms with Crippen molar-refractivity contribution in [2.75, 3.05) is 13.2 Å². The Labute approximate surface area is 210 Å². The molecule has 0 aromatic heterocycles. The van der Waals surface area contributed by atoms with Gasteiger partial charge in [-0.2, -0.15) is 0 Å². The van der Waals surface area contributed by atoms with Crippen molar-refractivity contribution in [1.82, 2.24) is 0 Å². The number of Topliss-reactive ketones (excluding diaryl/α,β-unsaturated/α-hetero) is 1. The number of ether oxygens (including phenoxy) is 3. The Morgan fingerprint density at radius 1 is 1.14 bits per heavy atom. The Morgan fingerprint density at radius 3 is 2.83 bits per heavy atom. The van der Waals surface area contributed by atoms with Crippen LogP contribution in [-0.4, -0.2) is 31.3 Å². The first-order valence-corrected chi connectivity index (χ1v) is 14.0. The van der Waals surface area contributed by atoms with Crippen molar-refractivity contribution in [2.45, 2.75) is 103 Å². The largest absolute Gasteiger partial charge is 0.466 e. The number of ketones is 1. The number of fused-ring (bicyclic) bond motifs is 5. The van der Waals surface area contributed by atoms with Crippen molar-refractivity contribution in [1.29, 1.82) is 0 Å². The molecule has 3 fully saturated rings. The van der Waals surface area contributed by atoms with E-state index in [0.717, 1.165) is 83.0 Å². The minimum atomic E-state index is -0.194. The van der Waals surface area contributed by atoms with E-state index in [-0.39, 0.29) is 17.7 Å². The quantitative estimate of drug-likeness (QED) is 0.318. The van der Waals surface area contributed by atoms with Gasteiger partial charge in [0.2, 0.25) is 0 Å². The molecule has 0 N–H and O–H groups in total. The SMILES string of the molecule is CC(=O)OCCCCC[C@@H]1Cc2cc(OC3CCCCO3)ccc2[C@H]2CC[C@]3(C)C(=O)CC[C@H]3[C@H]12. The Morgan fingerprint density at radius 2 is 2.03 bits per heavy atom. The van der Waals surface area contributed by atoms with Crippen LogP contribution in [0.1, 0.15) is 102 Å². The summed E-state index contributed by atoms with van der Waals surface area (Å²) in [6.45, 7) is 5.04. The molecular formula is C30H42O5. The fraction of sp³-hybridized carbons (Fsp3) is 0.733. The van der Waals surface area contributed by atoms with Gasteiger partial charge in [0, 0.05) is 25.2 Å². The molecule has 1 heterocycles. The third-order valence-corrected chi connectivity index (χ3v) is 9.51. The molecule has 3 aliphatic carbocycles. The molecule has 0 radical (unpaired) electrons. The van der Waals surface area contributed by atoms with Gasteiger partial charge in [0.25, 0.3) is 0 Å². The van der Waals surface area contributed by atoms with E-state index >= 15 is 0 Å². The van der Waals surface area contributed by atoms with Gasteiger partial charge < -0.3 is 14.2 Å². The van der Waals surface area contributed by atoms with Crippen LogP contribution in [0.2, 0.25) is 0 Å². The maximum atomic E-state index is 12.9. The van der Waals surface area contributed by atoms with Gasteiger partial charge in [-0.3, -0.25) is 9.59 Å². The summed E-state index contributed by atoms with van der Waals surface area (Å²) in [7, 11) is 0. The summed E-state index contributed by atoms with van der Waals surface area (Å²) in [5.74, 6) is 3.50. The lowest BCUT2D eigenvalue weighted by molar-refractivity contribution is -0.141. The van der Waals surface area contributed by atoms with Gasteiger partial charge in [0.1, 0.15) is 11.5 Å². The second-order valence-corrected chi connectivity index (χ2v) is 11.6. The Bertz CT molecular complexity index is 919. The summed E-state index contributed by atoms with van der Waals surface area (Å²) in [5.41, 5.74) is 2.82. The highest BCUT2D eigenvalue weighted by Crippen LogP contribution is 2.61. The number of carbonyl (C=O) groups is 2. The monoisotopic (exact) mass is 482 g/mol. The zero-order valence-corrected chi connectivity index (χ0v) is 21.6. The molecule has 35 heavy (non-hydrogen) atoms. The molecule has 4 aliphatic rings. The lowest BCUT2D eigenvalue weighted by Crippen LogP contribution is -2.46. The maximum absolute atomic E-state index is 12.9. The van der Waals surface area contributed by atoms with Gasteiger partial charge in [-0.05, 0) is 98.3 Å². The van der Waals surface area contributed by atoms with Gasteiger partial charge in [-0.25, -0.2) is 0 Å². The van der Waals surface area contributed by atoms with Crippen molar-refractivity contribution in [2.24, 2.45) is 23.2 Å². The zero-order valence-electron chi connectivity index (χ0n) is 21.6. The average molecular weight is 483 g/mol. The van der Waals surface area contributed by atoms with Crippen molar-refractivity contribution >= 4 is 11.8 Å². The van der Waals surface area contributed by atoms with Crippen molar-refractivity contribution < 1.29 is 23.8 Å². The van der Waals surface area contributed by atoms with E-state index in [1.165, 1.54) is 24.5 Å². The topological polar surface area (TPSA) is 61.8 Å². The molecule has 1 aromatic carbocycles. The van der Waals surface area contributed by atoms with Crippen LogP contribution in [0.25, 0.3) is 0 Å². The summed E-state index contributed by atoms with van der Waals surface area (Å²) >= 11 is 0. The molecule has 6 atom stereocenters. The van der Waals surface area contributed by atoms with Crippen LogP contribution in [0, 0.1) is 23.2 Å². The Hall–Kier alpha value is -1.88. The fourth-order valence-corrected chi connectivity index (χ4v) is 7.75. The van der Waals surface area contributed by atoms with Crippen LogP contribution in [-0.2, 0) is 25.5 Å². The highest BCUT2D eigenvalue weighted by molar-refractivity contribution is 5.87. The molecule has 5 rings (SSSR count). The Kier molecular flexibility index (Phi) is 7.52. The van der Waals surface area contributed by atoms with Gasteiger partial charge in [0.15, 0.2) is 6.29 Å². The van der Waals surface area contributed by atoms with Gasteiger partial charge >= 0.3 is 5.97 Å². The van der Waals surface area contributed by atoms with Gasteiger partial charge in [0.05, 0.1) is 13.2 Å². The highest BCUT2D eigenvalue weighted by Gasteiger charge is 2.56. The number of unbranched alkanes of at least 4 members (excludes halogenated alkanes) is 2. The summed E-state index contributed by atoms with van der Waals surface area (Å²) < 4.78 is 17.2. The third kappa shape index (κ3) is 5.16. The number of benzene rings is 1. The smallest absolute Gasteiger partial charge is 0.302 e. The van der Waals surface area contributed by atoms with Gasteiger partial charge in [-0.1, -0.05) is 25.8 Å². The van der Waals surface area contributed by atoms with E-state index in [2.05, 4.69) is 25.1 Å². The molecule has 2 saturated carbocycles. The number of carbonyl (C=O) groups excluding carboxylic acids is 2. The second kappa shape index (κ2) is 10.6. The summed E-state index contributed by atoms with van der Waals surface area (Å²) in [4.78, 5) is 24.0. The number of hydrogen-bond acceptors (Lipinski definition) is 5. The first kappa shape index (κ1) is 24.8. The first-order chi connectivity index (χ1) is 17.0. The average Bonchev–Trinajstić information content (AvgIpc) is 3.15. The first-order valence-electron chi connectivity index (χ1n) is 14.0. The van der Waals surface area contributed by atoms with Crippen molar-refractivity contribution in [3.63, 3.8) is 0 Å². The van der Waals surface area contributed by atoms with E-state index in [0.29, 0.717) is 36.1 Å². The molecular weight excluding hydrogens is 440 g/mol. The highest BCUT2D eigenvalue weighted by atomic mass is 16.7. The Balaban J connectivity index is 1.33. The molecule has 1 saturated heterocycles. The van der Waals surface area contributed by atoms with Crippen LogP contribution in [0.5, 0.6) is 5.75 Å². The number of rotatable bonds is 8. The fourth-order valence-electron chi connectivity index (χ4n) is 7.75. The van der Waals surface area contributed by atoms with Gasteiger partial charge in [-0.15, -0.1) is 0 Å². The van der Waals surface area contributed by atoms with Crippen LogP contribution in [0.15, 0.2) is 18.2 Å². The minimum Gasteiger partial charge on any atom is -0.466 e. The molecule has 5 nitrogen and oxygen atoms in total. The zero-order chi connectivity index (χ0) is 24.4. The standard InChI is InChI=1S/C30H42O5/c1-20(31)33-16-6-3-4-8-21-18-22-19-23(35-28-9-5-7-17-34-28)10-11-24(22)25-14-15-30(2)26(29(21)25)12-13-27(30)32/h10-11,19,21,25-26,28-29H,3-9,12-18H2,1-2H3/t21-,25-,26+,28?,29-,30+/m1/s1. The number of esters is 1. The van der Waals surface area contributed by atoms with E-state index in [1.54, 1.807) is 0 Å². The second-order valence-electron chi connectivity index (χ2n) is 11.6. The van der Waals surface area contributed by atoms with E-state index in [1.807, 2.05) is 0 Å². The molecule has 1 aliphatic heterocycles.